The molecular weight excluding hydrogens is 311 g/mol. The van der Waals surface area contributed by atoms with Gasteiger partial charge in [0.1, 0.15) is 11.6 Å². The number of hydrogen-bond donors (Lipinski definition) is 2. The smallest absolute Gasteiger partial charge is 0.273 e. The summed E-state index contributed by atoms with van der Waals surface area (Å²) in [5.41, 5.74) is 5.58. The minimum atomic E-state index is -0.512. The largest absolute Gasteiger partial charge is 0.493 e. The molecule has 0 aliphatic carbocycles. The maximum Gasteiger partial charge on any atom is 0.273 e. The minimum Gasteiger partial charge on any atom is -0.493 e. The molecule has 2 aromatic rings. The van der Waals surface area contributed by atoms with Gasteiger partial charge in [-0.3, -0.25) is 20.4 Å². The minimum absolute atomic E-state index is 0.321. The number of benzene rings is 2. The quantitative estimate of drug-likeness (QED) is 0.655. The van der Waals surface area contributed by atoms with Crippen LogP contribution in [0.2, 0.25) is 0 Å². The van der Waals surface area contributed by atoms with E-state index < -0.39 is 11.8 Å². The lowest BCUT2D eigenvalue weighted by molar-refractivity contribution is -0.117. The van der Waals surface area contributed by atoms with E-state index >= 15 is 0 Å². The molecule has 0 spiro atoms. The number of halogens is 1. The van der Waals surface area contributed by atoms with Gasteiger partial charge in [-0.15, -0.1) is 0 Å². The summed E-state index contributed by atoms with van der Waals surface area (Å²) in [4.78, 5) is 23.8. The van der Waals surface area contributed by atoms with E-state index in [0.29, 0.717) is 23.5 Å². The van der Waals surface area contributed by atoms with Crippen molar-refractivity contribution in [2.24, 2.45) is 0 Å². The standard InChI is InChI=1S/C18H17FN2O3/c1-2-24-16-6-4-3-5-15(16)18(23)21-20-17(22)12-9-13-7-10-14(19)11-8-13/h3-12H,2H2,1H3,(H,20,22)(H,21,23)/b12-9+. The van der Waals surface area contributed by atoms with Crippen molar-refractivity contribution in [2.45, 2.75) is 6.92 Å². The van der Waals surface area contributed by atoms with Gasteiger partial charge < -0.3 is 4.74 Å². The van der Waals surface area contributed by atoms with Crippen LogP contribution in [-0.2, 0) is 4.79 Å². The Kier molecular flexibility index (Phi) is 6.08. The molecule has 0 aromatic heterocycles. The molecule has 0 fully saturated rings. The first kappa shape index (κ1) is 17.2. The van der Waals surface area contributed by atoms with E-state index in [4.69, 9.17) is 4.74 Å². The third-order valence-corrected chi connectivity index (χ3v) is 3.03. The van der Waals surface area contributed by atoms with Crippen molar-refractivity contribution in [3.8, 4) is 5.75 Å². The average molecular weight is 328 g/mol. The first-order valence-electron chi connectivity index (χ1n) is 7.36. The molecule has 24 heavy (non-hydrogen) atoms. The van der Waals surface area contributed by atoms with Crippen LogP contribution in [0, 0.1) is 5.82 Å². The number of hydrogen-bond acceptors (Lipinski definition) is 3. The number of rotatable bonds is 5. The summed E-state index contributed by atoms with van der Waals surface area (Å²) >= 11 is 0. The Balaban J connectivity index is 1.91. The van der Waals surface area contributed by atoms with Gasteiger partial charge in [-0.25, -0.2) is 4.39 Å². The molecule has 2 amide bonds. The zero-order valence-electron chi connectivity index (χ0n) is 13.1. The highest BCUT2D eigenvalue weighted by Crippen LogP contribution is 2.17. The summed E-state index contributed by atoms with van der Waals surface area (Å²) in [6.07, 6.45) is 2.75. The number of ether oxygens (including phenoxy) is 1. The van der Waals surface area contributed by atoms with Gasteiger partial charge in [0.25, 0.3) is 11.8 Å². The summed E-state index contributed by atoms with van der Waals surface area (Å²) < 4.78 is 18.1. The Morgan fingerprint density at radius 3 is 2.50 bits per heavy atom. The lowest BCUT2D eigenvalue weighted by atomic mass is 10.2. The number of carbonyl (C=O) groups excluding carboxylic acids is 2. The van der Waals surface area contributed by atoms with Gasteiger partial charge >= 0.3 is 0 Å². The third kappa shape index (κ3) is 4.95. The van der Waals surface area contributed by atoms with Crippen molar-refractivity contribution in [3.63, 3.8) is 0 Å². The number of amides is 2. The van der Waals surface area contributed by atoms with E-state index in [-0.39, 0.29) is 5.82 Å². The van der Waals surface area contributed by atoms with Gasteiger partial charge in [-0.05, 0) is 42.8 Å². The predicted octanol–water partition coefficient (Wildman–Crippen LogP) is 2.70. The fraction of sp³-hybridized carbons (Fsp3) is 0.111. The summed E-state index contributed by atoms with van der Waals surface area (Å²) in [6.45, 7) is 2.24. The molecule has 2 N–H and O–H groups in total. The Labute approximate surface area is 139 Å². The van der Waals surface area contributed by atoms with Crippen LogP contribution in [0.5, 0.6) is 5.75 Å². The van der Waals surface area contributed by atoms with Crippen molar-refractivity contribution in [2.75, 3.05) is 6.61 Å². The van der Waals surface area contributed by atoms with Crippen LogP contribution in [0.4, 0.5) is 4.39 Å². The first-order valence-corrected chi connectivity index (χ1v) is 7.36. The van der Waals surface area contributed by atoms with E-state index in [2.05, 4.69) is 10.9 Å². The second-order valence-corrected chi connectivity index (χ2v) is 4.76. The first-order chi connectivity index (χ1) is 11.6. The van der Waals surface area contributed by atoms with Gasteiger partial charge in [-0.2, -0.15) is 0 Å². The second kappa shape index (κ2) is 8.47. The Bertz CT molecular complexity index is 742. The fourth-order valence-electron chi connectivity index (χ4n) is 1.91. The maximum atomic E-state index is 12.8. The van der Waals surface area contributed by atoms with Gasteiger partial charge in [-0.1, -0.05) is 24.3 Å². The van der Waals surface area contributed by atoms with Crippen LogP contribution in [0.25, 0.3) is 6.08 Å². The highest BCUT2D eigenvalue weighted by molar-refractivity contribution is 5.99. The number of carbonyl (C=O) groups is 2. The van der Waals surface area contributed by atoms with Crippen LogP contribution >= 0.6 is 0 Å². The van der Waals surface area contributed by atoms with Crippen molar-refractivity contribution in [1.29, 1.82) is 0 Å². The molecule has 0 atom stereocenters. The SMILES string of the molecule is CCOc1ccccc1C(=O)NNC(=O)/C=C/c1ccc(F)cc1. The summed E-state index contributed by atoms with van der Waals surface area (Å²) in [5.74, 6) is -0.908. The predicted molar refractivity (Wildman–Crippen MR) is 88.7 cm³/mol. The molecular formula is C18H17FN2O3. The summed E-state index contributed by atoms with van der Waals surface area (Å²) in [7, 11) is 0. The molecule has 6 heteroatoms. The van der Waals surface area contributed by atoms with Gasteiger partial charge in [0.15, 0.2) is 0 Å². The fourth-order valence-corrected chi connectivity index (χ4v) is 1.91. The summed E-state index contributed by atoms with van der Waals surface area (Å²) in [6, 6.07) is 12.4. The van der Waals surface area contributed by atoms with Crippen LogP contribution in [0.15, 0.2) is 54.6 Å². The zero-order chi connectivity index (χ0) is 17.4. The molecule has 0 radical (unpaired) electrons. The lowest BCUT2D eigenvalue weighted by Gasteiger charge is -2.10. The molecule has 0 aliphatic rings. The van der Waals surface area contributed by atoms with Crippen molar-refractivity contribution in [1.82, 2.24) is 10.9 Å². The Morgan fingerprint density at radius 1 is 1.08 bits per heavy atom. The van der Waals surface area contributed by atoms with Crippen LogP contribution in [-0.4, -0.2) is 18.4 Å². The zero-order valence-corrected chi connectivity index (χ0v) is 13.1. The molecule has 0 bridgehead atoms. The van der Waals surface area contributed by atoms with Crippen molar-refractivity contribution >= 4 is 17.9 Å². The summed E-state index contributed by atoms with van der Waals surface area (Å²) in [5, 5.41) is 0. The van der Waals surface area contributed by atoms with Crippen LogP contribution in [0.3, 0.4) is 0 Å². The van der Waals surface area contributed by atoms with Gasteiger partial charge in [0.2, 0.25) is 0 Å². The maximum absolute atomic E-state index is 12.8. The molecule has 0 aliphatic heterocycles. The van der Waals surface area contributed by atoms with Crippen LogP contribution in [0.1, 0.15) is 22.8 Å². The van der Waals surface area contributed by atoms with E-state index in [0.717, 1.165) is 0 Å². The van der Waals surface area contributed by atoms with E-state index in [1.165, 1.54) is 36.4 Å². The monoisotopic (exact) mass is 328 g/mol. The topological polar surface area (TPSA) is 67.4 Å². The van der Waals surface area contributed by atoms with Gasteiger partial charge in [0.05, 0.1) is 12.2 Å². The lowest BCUT2D eigenvalue weighted by Crippen LogP contribution is -2.40. The number of para-hydroxylation sites is 1. The highest BCUT2D eigenvalue weighted by atomic mass is 19.1. The molecule has 5 nitrogen and oxygen atoms in total. The van der Waals surface area contributed by atoms with Crippen molar-refractivity contribution < 1.29 is 18.7 Å². The molecule has 2 rings (SSSR count). The second-order valence-electron chi connectivity index (χ2n) is 4.76. The molecule has 0 unspecified atom stereocenters. The van der Waals surface area contributed by atoms with Gasteiger partial charge in [0, 0.05) is 6.08 Å². The third-order valence-electron chi connectivity index (χ3n) is 3.03. The molecule has 0 saturated heterocycles. The highest BCUT2D eigenvalue weighted by Gasteiger charge is 2.11. The molecule has 124 valence electrons. The normalized spacial score (nSPS) is 10.4. The van der Waals surface area contributed by atoms with Crippen LogP contribution < -0.4 is 15.6 Å². The van der Waals surface area contributed by atoms with E-state index in [1.54, 1.807) is 24.3 Å². The molecule has 0 heterocycles. The number of nitrogens with one attached hydrogen (secondary N) is 2. The number of hydrazine groups is 1. The van der Waals surface area contributed by atoms with E-state index in [9.17, 15) is 14.0 Å². The van der Waals surface area contributed by atoms with Crippen molar-refractivity contribution in [3.05, 3.63) is 71.6 Å². The molecule has 2 aromatic carbocycles. The van der Waals surface area contributed by atoms with E-state index in [1.807, 2.05) is 6.92 Å². The average Bonchev–Trinajstić information content (AvgIpc) is 2.60. The Morgan fingerprint density at radius 2 is 1.79 bits per heavy atom. The molecule has 0 saturated carbocycles. The Hall–Kier alpha value is -3.15.